The number of halogens is 1. The highest BCUT2D eigenvalue weighted by Gasteiger charge is 2.34. The Balaban J connectivity index is 1.70. The van der Waals surface area contributed by atoms with E-state index in [-0.39, 0.29) is 18.5 Å². The summed E-state index contributed by atoms with van der Waals surface area (Å²) in [6.45, 7) is -0.309. The number of nitrogens with zero attached hydrogens (tertiary/aromatic N) is 2. The molecule has 7 nitrogen and oxygen atoms in total. The fourth-order valence-corrected chi connectivity index (χ4v) is 6.07. The second-order valence-electron chi connectivity index (χ2n) is 10.3. The number of benzene rings is 3. The standard InChI is InChI=1S/C31H36ClN3O4S/c1-40(38,39)35(28-15-9-4-10-16-28)23-30(36)34(22-25-17-19-26(32)20-18-25)29(21-24-11-5-2-6-12-24)31(37)33-27-13-7-3-8-14-27/h2,4-6,9-12,15-20,27,29H,3,7-8,13-14,21-23H2,1H3,(H,33,37)/t29-/m0/s1. The Labute approximate surface area is 242 Å². The Morgan fingerprint density at radius 1 is 0.875 bits per heavy atom. The average molecular weight is 582 g/mol. The van der Waals surface area contributed by atoms with Gasteiger partial charge in [0.05, 0.1) is 11.9 Å². The Bertz CT molecular complexity index is 1360. The zero-order valence-electron chi connectivity index (χ0n) is 22.7. The van der Waals surface area contributed by atoms with E-state index in [4.69, 9.17) is 11.6 Å². The Hall–Kier alpha value is -3.36. The van der Waals surface area contributed by atoms with Gasteiger partial charge in [-0.15, -0.1) is 0 Å². The van der Waals surface area contributed by atoms with Crippen LogP contribution in [0.4, 0.5) is 5.69 Å². The van der Waals surface area contributed by atoms with Gasteiger partial charge in [0.2, 0.25) is 21.8 Å². The van der Waals surface area contributed by atoms with Crippen molar-refractivity contribution in [1.82, 2.24) is 10.2 Å². The van der Waals surface area contributed by atoms with Gasteiger partial charge in [0.1, 0.15) is 12.6 Å². The molecule has 1 aliphatic rings. The number of amides is 2. The minimum atomic E-state index is -3.78. The molecule has 0 radical (unpaired) electrons. The molecule has 1 saturated carbocycles. The predicted octanol–water partition coefficient (Wildman–Crippen LogP) is 5.20. The number of nitrogens with one attached hydrogen (secondary N) is 1. The maximum absolute atomic E-state index is 14.1. The van der Waals surface area contributed by atoms with Gasteiger partial charge in [-0.05, 0) is 48.2 Å². The number of para-hydroxylation sites is 1. The van der Waals surface area contributed by atoms with Crippen LogP contribution in [0.2, 0.25) is 5.02 Å². The number of rotatable bonds is 11. The third kappa shape index (κ3) is 8.32. The van der Waals surface area contributed by atoms with Crippen molar-refractivity contribution in [3.8, 4) is 0 Å². The summed E-state index contributed by atoms with van der Waals surface area (Å²) in [4.78, 5) is 29.5. The molecule has 0 aliphatic heterocycles. The highest BCUT2D eigenvalue weighted by Crippen LogP contribution is 2.22. The van der Waals surface area contributed by atoms with Crippen LogP contribution in [0.3, 0.4) is 0 Å². The minimum Gasteiger partial charge on any atom is -0.352 e. The van der Waals surface area contributed by atoms with Crippen molar-refractivity contribution in [2.45, 2.75) is 57.2 Å². The number of hydrogen-bond donors (Lipinski definition) is 1. The maximum Gasteiger partial charge on any atom is 0.244 e. The van der Waals surface area contributed by atoms with Gasteiger partial charge in [-0.25, -0.2) is 8.42 Å². The molecule has 0 saturated heterocycles. The second-order valence-corrected chi connectivity index (χ2v) is 12.6. The second kappa shape index (κ2) is 13.8. The summed E-state index contributed by atoms with van der Waals surface area (Å²) in [7, 11) is -3.78. The molecule has 1 atom stereocenters. The lowest BCUT2D eigenvalue weighted by molar-refractivity contribution is -0.140. The first-order valence-corrected chi connectivity index (χ1v) is 15.8. The van der Waals surface area contributed by atoms with E-state index in [1.54, 1.807) is 42.5 Å². The Morgan fingerprint density at radius 2 is 1.48 bits per heavy atom. The van der Waals surface area contributed by atoms with Crippen molar-refractivity contribution in [2.75, 3.05) is 17.1 Å². The molecule has 1 aliphatic carbocycles. The van der Waals surface area contributed by atoms with Crippen molar-refractivity contribution in [3.05, 3.63) is 101 Å². The van der Waals surface area contributed by atoms with E-state index in [2.05, 4.69) is 5.32 Å². The Morgan fingerprint density at radius 3 is 2.08 bits per heavy atom. The van der Waals surface area contributed by atoms with Crippen molar-refractivity contribution in [2.24, 2.45) is 0 Å². The minimum absolute atomic E-state index is 0.0591. The highest BCUT2D eigenvalue weighted by molar-refractivity contribution is 7.92. The topological polar surface area (TPSA) is 86.8 Å². The molecule has 0 aromatic heterocycles. The van der Waals surface area contributed by atoms with Crippen molar-refractivity contribution in [1.29, 1.82) is 0 Å². The van der Waals surface area contributed by atoms with Gasteiger partial charge >= 0.3 is 0 Å². The van der Waals surface area contributed by atoms with Crippen LogP contribution in [-0.4, -0.2) is 50.0 Å². The normalized spacial score (nSPS) is 14.8. The van der Waals surface area contributed by atoms with Gasteiger partial charge in [-0.1, -0.05) is 91.5 Å². The predicted molar refractivity (Wildman–Crippen MR) is 160 cm³/mol. The number of anilines is 1. The van der Waals surface area contributed by atoms with E-state index in [0.717, 1.165) is 53.8 Å². The fourth-order valence-electron chi connectivity index (χ4n) is 5.09. The third-order valence-corrected chi connectivity index (χ3v) is 8.60. The molecule has 0 unspecified atom stereocenters. The summed E-state index contributed by atoms with van der Waals surface area (Å²) in [5.74, 6) is -0.701. The van der Waals surface area contributed by atoms with E-state index in [0.29, 0.717) is 17.1 Å². The van der Waals surface area contributed by atoms with Crippen molar-refractivity contribution in [3.63, 3.8) is 0 Å². The highest BCUT2D eigenvalue weighted by atomic mass is 35.5. The van der Waals surface area contributed by atoms with Crippen LogP contribution < -0.4 is 9.62 Å². The summed E-state index contributed by atoms with van der Waals surface area (Å²) in [6, 6.07) is 24.4. The van der Waals surface area contributed by atoms with Crippen LogP contribution >= 0.6 is 11.6 Å². The first-order chi connectivity index (χ1) is 19.2. The maximum atomic E-state index is 14.1. The smallest absolute Gasteiger partial charge is 0.244 e. The molecule has 212 valence electrons. The molecule has 3 aromatic carbocycles. The largest absolute Gasteiger partial charge is 0.352 e. The molecule has 9 heteroatoms. The molecule has 3 aromatic rings. The number of carbonyl (C=O) groups excluding carboxylic acids is 2. The van der Waals surface area contributed by atoms with Crippen LogP contribution in [0.1, 0.15) is 43.2 Å². The summed E-state index contributed by atoms with van der Waals surface area (Å²) >= 11 is 6.11. The van der Waals surface area contributed by atoms with Crippen LogP contribution in [0.25, 0.3) is 0 Å². The first-order valence-electron chi connectivity index (χ1n) is 13.6. The van der Waals surface area contributed by atoms with E-state index >= 15 is 0 Å². The molecule has 1 fully saturated rings. The van der Waals surface area contributed by atoms with Gasteiger partial charge in [0, 0.05) is 24.0 Å². The molecule has 0 spiro atoms. The van der Waals surface area contributed by atoms with E-state index < -0.39 is 28.5 Å². The summed E-state index contributed by atoms with van der Waals surface area (Å²) < 4.78 is 26.7. The molecule has 4 rings (SSSR count). The molecule has 1 N–H and O–H groups in total. The van der Waals surface area contributed by atoms with Gasteiger partial charge in [-0.3, -0.25) is 13.9 Å². The van der Waals surface area contributed by atoms with Gasteiger partial charge < -0.3 is 10.2 Å². The van der Waals surface area contributed by atoms with Gasteiger partial charge in [0.25, 0.3) is 0 Å². The quantitative estimate of drug-likeness (QED) is 0.337. The fraction of sp³-hybridized carbons (Fsp3) is 0.355. The molecular formula is C31H36ClN3O4S. The van der Waals surface area contributed by atoms with Crippen molar-refractivity contribution >= 4 is 39.1 Å². The van der Waals surface area contributed by atoms with Crippen molar-refractivity contribution < 1.29 is 18.0 Å². The molecular weight excluding hydrogens is 546 g/mol. The number of hydrogen-bond acceptors (Lipinski definition) is 4. The zero-order valence-corrected chi connectivity index (χ0v) is 24.3. The molecule has 2 amide bonds. The zero-order chi connectivity index (χ0) is 28.5. The van der Waals surface area contributed by atoms with Crippen LogP contribution in [-0.2, 0) is 32.6 Å². The van der Waals surface area contributed by atoms with E-state index in [1.165, 1.54) is 4.90 Å². The van der Waals surface area contributed by atoms with Crippen LogP contribution in [0.15, 0.2) is 84.9 Å². The van der Waals surface area contributed by atoms with Crippen LogP contribution in [0.5, 0.6) is 0 Å². The molecule has 0 heterocycles. The van der Waals surface area contributed by atoms with E-state index in [1.807, 2.05) is 42.5 Å². The third-order valence-electron chi connectivity index (χ3n) is 7.21. The van der Waals surface area contributed by atoms with Crippen LogP contribution in [0, 0.1) is 0 Å². The summed E-state index contributed by atoms with van der Waals surface area (Å²) in [5, 5.41) is 3.76. The first kappa shape index (κ1) is 29.6. The van der Waals surface area contributed by atoms with Gasteiger partial charge in [-0.2, -0.15) is 0 Å². The lowest BCUT2D eigenvalue weighted by Crippen LogP contribution is -2.55. The lowest BCUT2D eigenvalue weighted by Gasteiger charge is -2.35. The molecule has 40 heavy (non-hydrogen) atoms. The van der Waals surface area contributed by atoms with Gasteiger partial charge in [0.15, 0.2) is 0 Å². The summed E-state index contributed by atoms with van der Waals surface area (Å²) in [6.07, 6.45) is 6.46. The summed E-state index contributed by atoms with van der Waals surface area (Å²) in [5.41, 5.74) is 2.08. The SMILES string of the molecule is CS(=O)(=O)N(CC(=O)N(Cc1ccc(Cl)cc1)[C@@H](Cc1ccccc1)C(=O)NC1CCCCC1)c1ccccc1. The monoisotopic (exact) mass is 581 g/mol. The lowest BCUT2D eigenvalue weighted by atomic mass is 9.94. The number of sulfonamides is 1. The molecule has 0 bridgehead atoms. The van der Waals surface area contributed by atoms with E-state index in [9.17, 15) is 18.0 Å². The number of carbonyl (C=O) groups is 2. The average Bonchev–Trinajstić information content (AvgIpc) is 2.95. The Kier molecular flexibility index (Phi) is 10.2.